The van der Waals surface area contributed by atoms with Crippen LogP contribution in [0.2, 0.25) is 0 Å². The van der Waals surface area contributed by atoms with Crippen molar-refractivity contribution < 1.29 is 8.42 Å². The van der Waals surface area contributed by atoms with Crippen LogP contribution in [0.4, 0.5) is 5.82 Å². The summed E-state index contributed by atoms with van der Waals surface area (Å²) in [6, 6.07) is 7.73. The minimum Gasteiger partial charge on any atom is -0.381 e. The Kier molecular flexibility index (Phi) is 2.62. The summed E-state index contributed by atoms with van der Waals surface area (Å²) in [4.78, 5) is 4.70. The molecule has 1 aromatic carbocycles. The highest BCUT2D eigenvalue weighted by molar-refractivity contribution is 7.89. The zero-order chi connectivity index (χ0) is 14.6. The van der Waals surface area contributed by atoms with Crippen LogP contribution in [0.15, 0.2) is 40.9 Å². The predicted molar refractivity (Wildman–Crippen MR) is 80.4 cm³/mol. The summed E-state index contributed by atoms with van der Waals surface area (Å²) >= 11 is 1.36. The van der Waals surface area contributed by atoms with E-state index in [2.05, 4.69) is 4.98 Å². The van der Waals surface area contributed by atoms with E-state index in [0.717, 1.165) is 11.1 Å². The Balaban J connectivity index is 1.82. The molecule has 0 radical (unpaired) electrons. The molecule has 0 saturated heterocycles. The van der Waals surface area contributed by atoms with Crippen LogP contribution in [0, 0.1) is 0 Å². The number of sulfonamides is 1. The SMILES string of the molecule is Nc1nc2sccn2c1S(=O)(=O)N1Cc2ccccc2C1. The van der Waals surface area contributed by atoms with E-state index in [-0.39, 0.29) is 10.8 Å². The van der Waals surface area contributed by atoms with Gasteiger partial charge in [0.15, 0.2) is 15.8 Å². The lowest BCUT2D eigenvalue weighted by atomic mass is 10.1. The Morgan fingerprint density at radius 1 is 1.19 bits per heavy atom. The molecule has 0 unspecified atom stereocenters. The van der Waals surface area contributed by atoms with E-state index in [1.165, 1.54) is 15.6 Å². The minimum absolute atomic E-state index is 0.0535. The first-order valence-electron chi connectivity index (χ1n) is 6.35. The molecule has 2 N–H and O–H groups in total. The number of thiazole rings is 1. The quantitative estimate of drug-likeness (QED) is 0.779. The monoisotopic (exact) mass is 320 g/mol. The standard InChI is InChI=1S/C13H12N4O2S2/c14-11-12(17-5-6-20-13(17)15-11)21(18,19)16-7-9-3-1-2-4-10(9)8-16/h1-6H,7-8,14H2. The first-order chi connectivity index (χ1) is 10.1. The molecule has 0 bridgehead atoms. The van der Waals surface area contributed by atoms with Crippen molar-refractivity contribution in [2.75, 3.05) is 5.73 Å². The Bertz CT molecular complexity index is 917. The summed E-state index contributed by atoms with van der Waals surface area (Å²) in [6.07, 6.45) is 1.68. The van der Waals surface area contributed by atoms with E-state index in [4.69, 9.17) is 5.73 Å². The summed E-state index contributed by atoms with van der Waals surface area (Å²) < 4.78 is 28.8. The Morgan fingerprint density at radius 3 is 2.52 bits per heavy atom. The maximum atomic E-state index is 12.9. The van der Waals surface area contributed by atoms with E-state index >= 15 is 0 Å². The number of fused-ring (bicyclic) bond motifs is 2. The number of aromatic nitrogens is 2. The van der Waals surface area contributed by atoms with Gasteiger partial charge in [-0.15, -0.1) is 11.3 Å². The number of imidazole rings is 1. The topological polar surface area (TPSA) is 80.7 Å². The number of benzene rings is 1. The van der Waals surface area contributed by atoms with Gasteiger partial charge < -0.3 is 5.73 Å². The van der Waals surface area contributed by atoms with Crippen molar-refractivity contribution in [1.29, 1.82) is 0 Å². The van der Waals surface area contributed by atoms with Gasteiger partial charge in [0.2, 0.25) is 0 Å². The van der Waals surface area contributed by atoms with Gasteiger partial charge in [0.25, 0.3) is 10.0 Å². The van der Waals surface area contributed by atoms with Gasteiger partial charge in [0.1, 0.15) is 0 Å². The van der Waals surface area contributed by atoms with Crippen LogP contribution in [0.1, 0.15) is 11.1 Å². The second-order valence-electron chi connectivity index (χ2n) is 4.90. The number of nitrogen functional groups attached to an aromatic ring is 1. The molecule has 0 atom stereocenters. The molecular weight excluding hydrogens is 308 g/mol. The van der Waals surface area contributed by atoms with E-state index in [1.807, 2.05) is 24.3 Å². The molecule has 3 heterocycles. The molecule has 4 rings (SSSR count). The lowest BCUT2D eigenvalue weighted by Crippen LogP contribution is -2.27. The van der Waals surface area contributed by atoms with Crippen LogP contribution in [-0.2, 0) is 23.1 Å². The molecule has 2 aromatic heterocycles. The van der Waals surface area contributed by atoms with Gasteiger partial charge in [-0.05, 0) is 11.1 Å². The zero-order valence-corrected chi connectivity index (χ0v) is 12.6. The second kappa shape index (κ2) is 4.30. The highest BCUT2D eigenvalue weighted by Crippen LogP contribution is 2.31. The van der Waals surface area contributed by atoms with Gasteiger partial charge >= 0.3 is 0 Å². The zero-order valence-electron chi connectivity index (χ0n) is 10.9. The van der Waals surface area contributed by atoms with Crippen LogP contribution >= 0.6 is 11.3 Å². The molecule has 0 fully saturated rings. The van der Waals surface area contributed by atoms with Gasteiger partial charge in [-0.3, -0.25) is 4.40 Å². The molecule has 0 spiro atoms. The fourth-order valence-electron chi connectivity index (χ4n) is 2.63. The fourth-order valence-corrected chi connectivity index (χ4v) is 4.98. The maximum Gasteiger partial charge on any atom is 0.263 e. The van der Waals surface area contributed by atoms with Crippen molar-refractivity contribution in [3.8, 4) is 0 Å². The van der Waals surface area contributed by atoms with Crippen molar-refractivity contribution in [3.05, 3.63) is 47.0 Å². The summed E-state index contributed by atoms with van der Waals surface area (Å²) in [5.74, 6) is 0.0535. The van der Waals surface area contributed by atoms with Crippen molar-refractivity contribution in [2.24, 2.45) is 0 Å². The average Bonchev–Trinajstić information content (AvgIpc) is 3.10. The van der Waals surface area contributed by atoms with E-state index in [1.54, 1.807) is 16.0 Å². The highest BCUT2D eigenvalue weighted by Gasteiger charge is 2.34. The Hall–Kier alpha value is -1.90. The summed E-state index contributed by atoms with van der Waals surface area (Å²) in [6.45, 7) is 0.741. The normalized spacial score (nSPS) is 15.6. The third-order valence-electron chi connectivity index (χ3n) is 3.64. The first kappa shape index (κ1) is 12.8. The lowest BCUT2D eigenvalue weighted by Gasteiger charge is -2.15. The van der Waals surface area contributed by atoms with E-state index in [9.17, 15) is 8.42 Å². The minimum atomic E-state index is -3.67. The third-order valence-corrected chi connectivity index (χ3v) is 6.23. The molecule has 3 aromatic rings. The van der Waals surface area contributed by atoms with Gasteiger partial charge in [0.05, 0.1) is 0 Å². The van der Waals surface area contributed by atoms with Crippen molar-refractivity contribution in [2.45, 2.75) is 18.1 Å². The van der Waals surface area contributed by atoms with Crippen LogP contribution in [0.5, 0.6) is 0 Å². The first-order valence-corrected chi connectivity index (χ1v) is 8.67. The van der Waals surface area contributed by atoms with Gasteiger partial charge in [-0.1, -0.05) is 24.3 Å². The van der Waals surface area contributed by atoms with Crippen LogP contribution < -0.4 is 5.73 Å². The molecule has 8 heteroatoms. The van der Waals surface area contributed by atoms with Crippen LogP contribution in [0.25, 0.3) is 4.96 Å². The van der Waals surface area contributed by atoms with Gasteiger partial charge in [0, 0.05) is 24.7 Å². The Morgan fingerprint density at radius 2 is 1.86 bits per heavy atom. The second-order valence-corrected chi connectivity index (χ2v) is 7.63. The van der Waals surface area contributed by atoms with E-state index in [0.29, 0.717) is 18.1 Å². The Labute approximate surface area is 125 Å². The molecule has 21 heavy (non-hydrogen) atoms. The maximum absolute atomic E-state index is 12.9. The molecular formula is C13H12N4O2S2. The molecule has 0 aliphatic carbocycles. The van der Waals surface area contributed by atoms with E-state index < -0.39 is 10.0 Å². The summed E-state index contributed by atoms with van der Waals surface area (Å²) in [5.41, 5.74) is 7.89. The number of rotatable bonds is 2. The fraction of sp³-hybridized carbons (Fsp3) is 0.154. The number of anilines is 1. The number of hydrogen-bond donors (Lipinski definition) is 1. The number of hydrogen-bond acceptors (Lipinski definition) is 5. The molecule has 1 aliphatic heterocycles. The summed E-state index contributed by atoms with van der Waals surface area (Å²) in [5, 5.41) is 1.85. The smallest absolute Gasteiger partial charge is 0.263 e. The van der Waals surface area contributed by atoms with Crippen molar-refractivity contribution in [1.82, 2.24) is 13.7 Å². The lowest BCUT2D eigenvalue weighted by molar-refractivity contribution is 0.429. The molecule has 0 saturated carbocycles. The molecule has 6 nitrogen and oxygen atoms in total. The van der Waals surface area contributed by atoms with Crippen LogP contribution in [-0.4, -0.2) is 22.1 Å². The molecule has 0 amide bonds. The van der Waals surface area contributed by atoms with Gasteiger partial charge in [-0.25, -0.2) is 13.4 Å². The van der Waals surface area contributed by atoms with Crippen LogP contribution in [0.3, 0.4) is 0 Å². The molecule has 1 aliphatic rings. The van der Waals surface area contributed by atoms with Crippen molar-refractivity contribution >= 4 is 32.1 Å². The highest BCUT2D eigenvalue weighted by atomic mass is 32.2. The third kappa shape index (κ3) is 1.80. The number of nitrogens with two attached hydrogens (primary N) is 1. The average molecular weight is 320 g/mol. The largest absolute Gasteiger partial charge is 0.381 e. The van der Waals surface area contributed by atoms with Gasteiger partial charge in [-0.2, -0.15) is 4.31 Å². The molecule has 108 valence electrons. The van der Waals surface area contributed by atoms with Crippen molar-refractivity contribution in [3.63, 3.8) is 0 Å². The predicted octanol–water partition coefficient (Wildman–Crippen LogP) is 1.68. The summed E-state index contributed by atoms with van der Waals surface area (Å²) in [7, 11) is -3.67. The number of nitrogens with zero attached hydrogens (tertiary/aromatic N) is 3.